The van der Waals surface area contributed by atoms with E-state index in [1.807, 2.05) is 7.11 Å². The predicted octanol–water partition coefficient (Wildman–Crippen LogP) is 3.00. The molecule has 0 saturated carbocycles. The van der Waals surface area contributed by atoms with Crippen LogP contribution in [0.25, 0.3) is 0 Å². The predicted molar refractivity (Wildman–Crippen MR) is 88.6 cm³/mol. The molecule has 1 aliphatic rings. The van der Waals surface area contributed by atoms with Gasteiger partial charge in [0.1, 0.15) is 0 Å². The Kier molecular flexibility index (Phi) is 6.68. The number of likely N-dealkylation sites (tertiary alicyclic amines) is 1. The van der Waals surface area contributed by atoms with Crippen LogP contribution in [0.4, 0.5) is 0 Å². The van der Waals surface area contributed by atoms with E-state index in [-0.39, 0.29) is 0 Å². The van der Waals surface area contributed by atoms with Gasteiger partial charge in [0.25, 0.3) is 0 Å². The maximum atomic E-state index is 5.32. The van der Waals surface area contributed by atoms with Crippen molar-refractivity contribution >= 4 is 0 Å². The molecule has 1 aromatic rings. The lowest BCUT2D eigenvalue weighted by Gasteiger charge is -2.33. The highest BCUT2D eigenvalue weighted by molar-refractivity contribution is 5.28. The molecular formula is C18H30N2O. The van der Waals surface area contributed by atoms with Gasteiger partial charge in [-0.1, -0.05) is 24.3 Å². The smallest absolute Gasteiger partial charge is 0.0502 e. The molecule has 0 aliphatic carbocycles. The fraction of sp³-hybridized carbons (Fsp3) is 0.667. The van der Waals surface area contributed by atoms with Crippen molar-refractivity contribution in [2.75, 3.05) is 40.4 Å². The molecule has 2 unspecified atom stereocenters. The van der Waals surface area contributed by atoms with Crippen molar-refractivity contribution in [1.82, 2.24) is 10.2 Å². The Hall–Kier alpha value is -0.900. The first kappa shape index (κ1) is 16.5. The average molecular weight is 290 g/mol. The summed E-state index contributed by atoms with van der Waals surface area (Å²) in [5.74, 6) is 0.718. The number of hydrogen-bond donors (Lipinski definition) is 1. The summed E-state index contributed by atoms with van der Waals surface area (Å²) in [7, 11) is 3.88. The highest BCUT2D eigenvalue weighted by Crippen LogP contribution is 2.22. The minimum absolute atomic E-state index is 0.453. The van der Waals surface area contributed by atoms with E-state index in [1.165, 1.54) is 50.0 Å². The summed E-state index contributed by atoms with van der Waals surface area (Å²) < 4.78 is 5.32. The van der Waals surface area contributed by atoms with Crippen molar-refractivity contribution in [3.8, 4) is 0 Å². The second-order valence-corrected chi connectivity index (χ2v) is 6.25. The van der Waals surface area contributed by atoms with Crippen LogP contribution in [0.15, 0.2) is 24.3 Å². The van der Waals surface area contributed by atoms with Crippen LogP contribution in [0.5, 0.6) is 0 Å². The third kappa shape index (κ3) is 4.80. The lowest BCUT2D eigenvalue weighted by atomic mass is 9.96. The number of hydrogen-bond acceptors (Lipinski definition) is 3. The number of nitrogens with one attached hydrogen (secondary N) is 1. The zero-order valence-electron chi connectivity index (χ0n) is 13.8. The zero-order valence-corrected chi connectivity index (χ0v) is 13.8. The van der Waals surface area contributed by atoms with E-state index in [9.17, 15) is 0 Å². The fourth-order valence-electron chi connectivity index (χ4n) is 3.47. The highest BCUT2D eigenvalue weighted by Gasteiger charge is 2.21. The molecule has 2 rings (SSSR count). The maximum Gasteiger partial charge on any atom is 0.0502 e. The van der Waals surface area contributed by atoms with Gasteiger partial charge in [-0.15, -0.1) is 0 Å². The number of ether oxygens (including phenoxy) is 1. The van der Waals surface area contributed by atoms with E-state index in [2.05, 4.69) is 48.5 Å². The van der Waals surface area contributed by atoms with Gasteiger partial charge in [0.15, 0.2) is 0 Å². The maximum absolute atomic E-state index is 5.32. The molecule has 0 aromatic heterocycles. The minimum Gasteiger partial charge on any atom is -0.384 e. The van der Waals surface area contributed by atoms with E-state index in [1.54, 1.807) is 0 Å². The van der Waals surface area contributed by atoms with Crippen molar-refractivity contribution in [2.24, 2.45) is 5.92 Å². The Morgan fingerprint density at radius 3 is 2.90 bits per heavy atom. The van der Waals surface area contributed by atoms with Crippen molar-refractivity contribution in [3.63, 3.8) is 0 Å². The van der Waals surface area contributed by atoms with Crippen LogP contribution in [0.2, 0.25) is 0 Å². The van der Waals surface area contributed by atoms with Gasteiger partial charge in [-0.3, -0.25) is 0 Å². The molecule has 1 heterocycles. The molecule has 3 heteroatoms. The van der Waals surface area contributed by atoms with Crippen LogP contribution in [0.1, 0.15) is 36.4 Å². The van der Waals surface area contributed by atoms with E-state index >= 15 is 0 Å². The van der Waals surface area contributed by atoms with Crippen LogP contribution < -0.4 is 5.32 Å². The average Bonchev–Trinajstić information content (AvgIpc) is 2.50. The Bertz CT molecular complexity index is 419. The molecule has 0 amide bonds. The Morgan fingerprint density at radius 1 is 1.38 bits per heavy atom. The van der Waals surface area contributed by atoms with Gasteiger partial charge in [0.2, 0.25) is 0 Å². The number of rotatable bonds is 7. The molecule has 0 bridgehead atoms. The summed E-state index contributed by atoms with van der Waals surface area (Å²) in [6, 6.07) is 9.16. The van der Waals surface area contributed by atoms with Crippen molar-refractivity contribution in [2.45, 2.75) is 32.2 Å². The lowest BCUT2D eigenvalue weighted by molar-refractivity contribution is 0.0887. The zero-order chi connectivity index (χ0) is 15.1. The van der Waals surface area contributed by atoms with Gasteiger partial charge in [-0.05, 0) is 63.4 Å². The molecule has 1 fully saturated rings. The second-order valence-electron chi connectivity index (χ2n) is 6.25. The van der Waals surface area contributed by atoms with E-state index < -0.39 is 0 Å². The van der Waals surface area contributed by atoms with E-state index in [4.69, 9.17) is 4.74 Å². The molecule has 1 N–H and O–H groups in total. The summed E-state index contributed by atoms with van der Waals surface area (Å²) in [5.41, 5.74) is 2.82. The third-order valence-corrected chi connectivity index (χ3v) is 4.65. The lowest BCUT2D eigenvalue weighted by Crippen LogP contribution is -2.38. The minimum atomic E-state index is 0.453. The molecule has 2 atom stereocenters. The molecule has 118 valence electrons. The monoisotopic (exact) mass is 290 g/mol. The van der Waals surface area contributed by atoms with Gasteiger partial charge < -0.3 is 15.0 Å². The topological polar surface area (TPSA) is 24.5 Å². The van der Waals surface area contributed by atoms with Crippen LogP contribution in [-0.4, -0.2) is 45.3 Å². The normalized spacial score (nSPS) is 21.4. The first-order chi connectivity index (χ1) is 10.2. The van der Waals surface area contributed by atoms with Gasteiger partial charge in [-0.25, -0.2) is 0 Å². The number of methoxy groups -OCH3 is 1. The Morgan fingerprint density at radius 2 is 2.19 bits per heavy atom. The first-order valence-corrected chi connectivity index (χ1v) is 8.18. The summed E-state index contributed by atoms with van der Waals surface area (Å²) in [6.07, 6.45) is 3.79. The highest BCUT2D eigenvalue weighted by atomic mass is 16.5. The van der Waals surface area contributed by atoms with Crippen LogP contribution in [-0.2, 0) is 4.74 Å². The molecule has 21 heavy (non-hydrogen) atoms. The summed E-state index contributed by atoms with van der Waals surface area (Å²) in [5, 5.41) is 3.48. The molecular weight excluding hydrogens is 260 g/mol. The van der Waals surface area contributed by atoms with Crippen LogP contribution in [0, 0.1) is 12.8 Å². The van der Waals surface area contributed by atoms with Crippen molar-refractivity contribution < 1.29 is 4.74 Å². The van der Waals surface area contributed by atoms with Gasteiger partial charge in [0.05, 0.1) is 6.61 Å². The van der Waals surface area contributed by atoms with Crippen LogP contribution in [0.3, 0.4) is 0 Å². The standard InChI is InChI=1S/C18H30N2O/c1-15-7-4-5-9-17(15)18(19-2)10-12-20-11-6-8-16(13-20)14-21-3/h4-5,7,9,16,18-19H,6,8,10-14H2,1-3H3. The molecule has 0 spiro atoms. The molecule has 1 aromatic carbocycles. The Labute approximate surface area is 129 Å². The number of benzene rings is 1. The quantitative estimate of drug-likeness (QED) is 0.835. The summed E-state index contributed by atoms with van der Waals surface area (Å²) in [6.45, 7) is 6.71. The van der Waals surface area contributed by atoms with Crippen molar-refractivity contribution in [3.05, 3.63) is 35.4 Å². The number of nitrogens with zero attached hydrogens (tertiary/aromatic N) is 1. The first-order valence-electron chi connectivity index (χ1n) is 8.18. The number of piperidine rings is 1. The van der Waals surface area contributed by atoms with E-state index in [0.29, 0.717) is 6.04 Å². The van der Waals surface area contributed by atoms with E-state index in [0.717, 1.165) is 12.5 Å². The largest absolute Gasteiger partial charge is 0.384 e. The SMILES string of the molecule is CNC(CCN1CCCC(COC)C1)c1ccccc1C. The fourth-order valence-corrected chi connectivity index (χ4v) is 3.47. The van der Waals surface area contributed by atoms with Crippen molar-refractivity contribution in [1.29, 1.82) is 0 Å². The van der Waals surface area contributed by atoms with Gasteiger partial charge in [-0.2, -0.15) is 0 Å². The van der Waals surface area contributed by atoms with Gasteiger partial charge in [0, 0.05) is 19.7 Å². The second kappa shape index (κ2) is 8.52. The molecule has 3 nitrogen and oxygen atoms in total. The number of aryl methyl sites for hydroxylation is 1. The molecule has 1 aliphatic heterocycles. The third-order valence-electron chi connectivity index (χ3n) is 4.65. The van der Waals surface area contributed by atoms with Crippen LogP contribution >= 0.6 is 0 Å². The molecule has 1 saturated heterocycles. The van der Waals surface area contributed by atoms with Gasteiger partial charge >= 0.3 is 0 Å². The Balaban J connectivity index is 1.87. The molecule has 0 radical (unpaired) electrons. The summed E-state index contributed by atoms with van der Waals surface area (Å²) in [4.78, 5) is 2.61. The summed E-state index contributed by atoms with van der Waals surface area (Å²) >= 11 is 0.